The van der Waals surface area contributed by atoms with Gasteiger partial charge >= 0.3 is 30.8 Å². The van der Waals surface area contributed by atoms with Gasteiger partial charge in [-0.3, -0.25) is 0 Å². The fourth-order valence-electron chi connectivity index (χ4n) is 1.02. The predicted octanol–water partition coefficient (Wildman–Crippen LogP) is -0.706. The van der Waals surface area contributed by atoms with Gasteiger partial charge in [-0.15, -0.1) is 11.3 Å². The molecular weight excluding hydrogens is 211 g/mol. The zero-order valence-corrected chi connectivity index (χ0v) is 9.17. The molecule has 1 aromatic rings. The van der Waals surface area contributed by atoms with Crippen molar-refractivity contribution >= 4 is 29.4 Å². The Kier molecular flexibility index (Phi) is 5.37. The molecule has 0 saturated carbocycles. The maximum atomic E-state index is 10.8. The molecule has 6 heteroatoms. The van der Waals surface area contributed by atoms with Gasteiger partial charge in [0.15, 0.2) is 0 Å². The van der Waals surface area contributed by atoms with Crippen LogP contribution in [0.1, 0.15) is 33.9 Å². The molecule has 0 aliphatic rings. The molecule has 0 radical (unpaired) electrons. The number of hydrogen-bond acceptors (Lipinski definition) is 3. The van der Waals surface area contributed by atoms with Crippen LogP contribution in [0.5, 0.6) is 0 Å². The molecule has 1 aromatic heterocycles. The largest absolute Gasteiger partial charge is 1.00 e. The Balaban J connectivity index is 0. The minimum Gasteiger partial charge on any atom is -1.00 e. The topological polar surface area (TPSA) is 74.6 Å². The SMILES string of the molecule is CC=Cc1scc(C(=O)O)c1C(=O)O.[H-].[Li+]. The van der Waals surface area contributed by atoms with E-state index in [1.54, 1.807) is 19.1 Å². The molecule has 76 valence electrons. The fourth-order valence-corrected chi connectivity index (χ4v) is 2.02. The average Bonchev–Trinajstić information content (AvgIpc) is 2.48. The summed E-state index contributed by atoms with van der Waals surface area (Å²) in [7, 11) is 0. The fraction of sp³-hybridized carbons (Fsp3) is 0.111. The molecule has 0 fully saturated rings. The van der Waals surface area contributed by atoms with Crippen LogP contribution in [0, 0.1) is 0 Å². The Morgan fingerprint density at radius 1 is 1.40 bits per heavy atom. The van der Waals surface area contributed by atoms with Crippen molar-refractivity contribution in [2.45, 2.75) is 6.92 Å². The summed E-state index contributed by atoms with van der Waals surface area (Å²) in [4.78, 5) is 21.9. The van der Waals surface area contributed by atoms with E-state index in [0.29, 0.717) is 4.88 Å². The molecule has 0 bridgehead atoms. The van der Waals surface area contributed by atoms with E-state index < -0.39 is 11.9 Å². The first-order chi connectivity index (χ1) is 6.57. The Hall–Kier alpha value is -1.02. The molecular formula is C9H9LiO4S. The number of carbonyl (C=O) groups is 2. The molecule has 0 saturated heterocycles. The Morgan fingerprint density at radius 3 is 2.40 bits per heavy atom. The zero-order valence-electron chi connectivity index (χ0n) is 9.35. The molecule has 4 nitrogen and oxygen atoms in total. The normalized spacial score (nSPS) is 9.93. The van der Waals surface area contributed by atoms with Crippen molar-refractivity contribution in [2.24, 2.45) is 0 Å². The van der Waals surface area contributed by atoms with Gasteiger partial charge in [-0.25, -0.2) is 9.59 Å². The predicted molar refractivity (Wildman–Crippen MR) is 54.1 cm³/mol. The van der Waals surface area contributed by atoms with Gasteiger partial charge < -0.3 is 11.6 Å². The van der Waals surface area contributed by atoms with E-state index in [-0.39, 0.29) is 31.4 Å². The van der Waals surface area contributed by atoms with Crippen molar-refractivity contribution in [3.8, 4) is 0 Å². The van der Waals surface area contributed by atoms with Crippen LogP contribution in [0.25, 0.3) is 6.08 Å². The van der Waals surface area contributed by atoms with Gasteiger partial charge in [0.1, 0.15) is 0 Å². The second-order valence-corrected chi connectivity index (χ2v) is 3.41. The minimum atomic E-state index is -1.21. The first kappa shape index (κ1) is 14.0. The molecule has 0 atom stereocenters. The van der Waals surface area contributed by atoms with E-state index >= 15 is 0 Å². The third-order valence-corrected chi connectivity index (χ3v) is 2.53. The summed E-state index contributed by atoms with van der Waals surface area (Å²) >= 11 is 1.11. The van der Waals surface area contributed by atoms with Gasteiger partial charge in [0.2, 0.25) is 0 Å². The van der Waals surface area contributed by atoms with Crippen LogP contribution in [-0.2, 0) is 0 Å². The first-order valence-corrected chi connectivity index (χ1v) is 4.66. The van der Waals surface area contributed by atoms with E-state index in [2.05, 4.69) is 0 Å². The van der Waals surface area contributed by atoms with Crippen LogP contribution in [0.15, 0.2) is 11.5 Å². The summed E-state index contributed by atoms with van der Waals surface area (Å²) in [5, 5.41) is 18.9. The van der Waals surface area contributed by atoms with Gasteiger partial charge in [-0.05, 0) is 13.0 Å². The average molecular weight is 220 g/mol. The van der Waals surface area contributed by atoms with Crippen molar-refractivity contribution < 1.29 is 40.1 Å². The smallest absolute Gasteiger partial charge is 1.00 e. The van der Waals surface area contributed by atoms with Crippen LogP contribution >= 0.6 is 11.3 Å². The van der Waals surface area contributed by atoms with E-state index in [0.717, 1.165) is 11.3 Å². The van der Waals surface area contributed by atoms with E-state index in [1.165, 1.54) is 5.38 Å². The van der Waals surface area contributed by atoms with Crippen LogP contribution in [-0.4, -0.2) is 22.2 Å². The summed E-state index contributed by atoms with van der Waals surface area (Å²) in [6.45, 7) is 1.74. The Morgan fingerprint density at radius 2 is 2.00 bits per heavy atom. The molecule has 1 heterocycles. The summed E-state index contributed by atoms with van der Waals surface area (Å²) < 4.78 is 0. The standard InChI is InChI=1S/C9H8O4S.Li.H/c1-2-3-6-7(9(12)13)5(4-14-6)8(10)11;;/h2-4H,1H3,(H,10,11)(H,12,13);;/q;+1;-1. The van der Waals surface area contributed by atoms with Crippen molar-refractivity contribution in [2.75, 3.05) is 0 Å². The molecule has 15 heavy (non-hydrogen) atoms. The number of thiophene rings is 1. The van der Waals surface area contributed by atoms with Gasteiger partial charge in [-0.1, -0.05) is 6.08 Å². The van der Waals surface area contributed by atoms with Gasteiger partial charge in [-0.2, -0.15) is 0 Å². The number of aromatic carboxylic acids is 2. The number of carboxylic acid groups (broad SMARTS) is 2. The van der Waals surface area contributed by atoms with Crippen molar-refractivity contribution in [1.29, 1.82) is 0 Å². The quantitative estimate of drug-likeness (QED) is 0.660. The summed E-state index contributed by atoms with van der Waals surface area (Å²) in [5.74, 6) is -2.42. The number of allylic oxidation sites excluding steroid dienone is 1. The molecule has 2 N–H and O–H groups in total. The van der Waals surface area contributed by atoms with Crippen LogP contribution in [0.3, 0.4) is 0 Å². The number of hydrogen-bond donors (Lipinski definition) is 2. The molecule has 0 aliphatic heterocycles. The van der Waals surface area contributed by atoms with E-state index in [9.17, 15) is 9.59 Å². The first-order valence-electron chi connectivity index (χ1n) is 3.78. The minimum absolute atomic E-state index is 0. The third-order valence-electron chi connectivity index (χ3n) is 1.58. The van der Waals surface area contributed by atoms with E-state index in [1.807, 2.05) is 0 Å². The molecule has 0 aliphatic carbocycles. The summed E-state index contributed by atoms with van der Waals surface area (Å²) in [6.07, 6.45) is 3.25. The number of rotatable bonds is 3. The second kappa shape index (κ2) is 5.76. The molecule has 0 aromatic carbocycles. The van der Waals surface area contributed by atoms with Crippen LogP contribution in [0.2, 0.25) is 0 Å². The molecule has 0 unspecified atom stereocenters. The monoisotopic (exact) mass is 220 g/mol. The van der Waals surface area contributed by atoms with Crippen molar-refractivity contribution in [3.63, 3.8) is 0 Å². The molecule has 0 spiro atoms. The zero-order chi connectivity index (χ0) is 10.7. The Labute approximate surface area is 104 Å². The molecule has 1 rings (SSSR count). The summed E-state index contributed by atoms with van der Waals surface area (Å²) in [6, 6.07) is 0. The van der Waals surface area contributed by atoms with Crippen LogP contribution in [0.4, 0.5) is 0 Å². The maximum Gasteiger partial charge on any atom is 1.00 e. The third kappa shape index (κ3) is 2.96. The number of carboxylic acids is 2. The maximum absolute atomic E-state index is 10.8. The van der Waals surface area contributed by atoms with Crippen molar-refractivity contribution in [1.82, 2.24) is 0 Å². The second-order valence-electron chi connectivity index (χ2n) is 2.50. The van der Waals surface area contributed by atoms with Gasteiger partial charge in [0.05, 0.1) is 11.1 Å². The van der Waals surface area contributed by atoms with E-state index in [4.69, 9.17) is 10.2 Å². The molecule has 0 amide bonds. The van der Waals surface area contributed by atoms with Gasteiger partial charge in [0.25, 0.3) is 0 Å². The van der Waals surface area contributed by atoms with Gasteiger partial charge in [0, 0.05) is 10.3 Å². The van der Waals surface area contributed by atoms with Crippen molar-refractivity contribution in [3.05, 3.63) is 27.5 Å². The van der Waals surface area contributed by atoms with Crippen LogP contribution < -0.4 is 18.9 Å². The summed E-state index contributed by atoms with van der Waals surface area (Å²) in [5.41, 5.74) is -0.295. The Bertz CT molecular complexity index is 414.